The molecule has 0 aliphatic heterocycles. The molecule has 1 aliphatic carbocycles. The van der Waals surface area contributed by atoms with Crippen LogP contribution in [0.4, 0.5) is 10.1 Å². The highest BCUT2D eigenvalue weighted by atomic mass is 32.2. The number of anilines is 1. The van der Waals surface area contributed by atoms with E-state index in [2.05, 4.69) is 12.2 Å². The SMILES string of the molecule is CCSC1CCCC1NC(=O)c1ccc(N)cc1F. The molecule has 3 N–H and O–H groups in total. The van der Waals surface area contributed by atoms with E-state index in [1.54, 1.807) is 6.07 Å². The Labute approximate surface area is 117 Å². The number of rotatable bonds is 4. The van der Waals surface area contributed by atoms with E-state index in [9.17, 15) is 9.18 Å². The van der Waals surface area contributed by atoms with Crippen molar-refractivity contribution in [2.24, 2.45) is 0 Å². The maximum atomic E-state index is 13.7. The Morgan fingerprint density at radius 2 is 2.32 bits per heavy atom. The molecular formula is C14H19FN2OS. The second-order valence-corrected chi connectivity index (χ2v) is 6.26. The highest BCUT2D eigenvalue weighted by Gasteiger charge is 2.29. The van der Waals surface area contributed by atoms with Gasteiger partial charge < -0.3 is 11.1 Å². The molecule has 0 radical (unpaired) electrons. The molecule has 0 spiro atoms. The van der Waals surface area contributed by atoms with Gasteiger partial charge in [0.1, 0.15) is 5.82 Å². The first-order chi connectivity index (χ1) is 9.11. The molecule has 2 unspecified atom stereocenters. The zero-order valence-corrected chi connectivity index (χ0v) is 11.8. The molecule has 1 aromatic rings. The molecule has 1 aromatic carbocycles. The van der Waals surface area contributed by atoms with Gasteiger partial charge in [0.15, 0.2) is 0 Å². The zero-order valence-electron chi connectivity index (χ0n) is 11.0. The Balaban J connectivity index is 2.04. The molecule has 2 atom stereocenters. The highest BCUT2D eigenvalue weighted by Crippen LogP contribution is 2.30. The molecule has 5 heteroatoms. The molecule has 1 aliphatic rings. The minimum absolute atomic E-state index is 0.0707. The minimum Gasteiger partial charge on any atom is -0.399 e. The van der Waals surface area contributed by atoms with Crippen LogP contribution < -0.4 is 11.1 Å². The number of benzene rings is 1. The Kier molecular flexibility index (Phi) is 4.69. The average molecular weight is 282 g/mol. The number of nitrogen functional groups attached to an aromatic ring is 1. The van der Waals surface area contributed by atoms with Crippen LogP contribution in [0.3, 0.4) is 0 Å². The van der Waals surface area contributed by atoms with E-state index in [-0.39, 0.29) is 17.5 Å². The molecule has 104 valence electrons. The number of nitrogens with one attached hydrogen (secondary N) is 1. The standard InChI is InChI=1S/C14H19FN2OS/c1-2-19-13-5-3-4-12(13)17-14(18)10-7-6-9(16)8-11(10)15/h6-8,12-13H,2-5,16H2,1H3,(H,17,18). The van der Waals surface area contributed by atoms with Crippen molar-refractivity contribution < 1.29 is 9.18 Å². The van der Waals surface area contributed by atoms with Gasteiger partial charge in [0, 0.05) is 17.0 Å². The summed E-state index contributed by atoms with van der Waals surface area (Å²) in [5.74, 6) is 0.133. The van der Waals surface area contributed by atoms with Gasteiger partial charge in [0.05, 0.1) is 5.56 Å². The molecule has 0 saturated heterocycles. The largest absolute Gasteiger partial charge is 0.399 e. The number of hydrogen-bond donors (Lipinski definition) is 2. The van der Waals surface area contributed by atoms with Gasteiger partial charge in [-0.25, -0.2) is 4.39 Å². The van der Waals surface area contributed by atoms with Crippen molar-refractivity contribution in [3.05, 3.63) is 29.6 Å². The molecule has 1 amide bonds. The summed E-state index contributed by atoms with van der Waals surface area (Å²) in [6.07, 6.45) is 3.21. The number of nitrogens with two attached hydrogens (primary N) is 1. The molecule has 0 bridgehead atoms. The molecular weight excluding hydrogens is 263 g/mol. The predicted octanol–water partition coefficient (Wildman–Crippen LogP) is 2.81. The fourth-order valence-electron chi connectivity index (χ4n) is 2.47. The van der Waals surface area contributed by atoms with E-state index in [0.29, 0.717) is 10.9 Å². The van der Waals surface area contributed by atoms with Crippen LogP contribution in [0.2, 0.25) is 0 Å². The quantitative estimate of drug-likeness (QED) is 0.835. The number of carbonyl (C=O) groups is 1. The lowest BCUT2D eigenvalue weighted by Gasteiger charge is -2.20. The summed E-state index contributed by atoms with van der Waals surface area (Å²) in [5.41, 5.74) is 5.88. The first-order valence-corrected chi connectivity index (χ1v) is 7.64. The summed E-state index contributed by atoms with van der Waals surface area (Å²) in [6.45, 7) is 2.11. The lowest BCUT2D eigenvalue weighted by Crippen LogP contribution is -2.39. The topological polar surface area (TPSA) is 55.1 Å². The van der Waals surface area contributed by atoms with Crippen LogP contribution in [0.1, 0.15) is 36.5 Å². The Morgan fingerprint density at radius 3 is 3.00 bits per heavy atom. The van der Waals surface area contributed by atoms with Gasteiger partial charge in [-0.15, -0.1) is 0 Å². The smallest absolute Gasteiger partial charge is 0.254 e. The zero-order chi connectivity index (χ0) is 13.8. The fourth-order valence-corrected chi connectivity index (χ4v) is 3.66. The maximum Gasteiger partial charge on any atom is 0.254 e. The number of amides is 1. The third kappa shape index (κ3) is 3.41. The van der Waals surface area contributed by atoms with E-state index in [0.717, 1.165) is 25.0 Å². The summed E-state index contributed by atoms with van der Waals surface area (Å²) < 4.78 is 13.7. The summed E-state index contributed by atoms with van der Waals surface area (Å²) in [7, 11) is 0. The van der Waals surface area contributed by atoms with Crippen LogP contribution in [-0.2, 0) is 0 Å². The summed E-state index contributed by atoms with van der Waals surface area (Å²) in [4.78, 5) is 12.1. The molecule has 0 heterocycles. The molecule has 0 aromatic heterocycles. The van der Waals surface area contributed by atoms with Crippen LogP contribution in [0, 0.1) is 5.82 Å². The van der Waals surface area contributed by atoms with Gasteiger partial charge in [-0.3, -0.25) is 4.79 Å². The molecule has 1 saturated carbocycles. The van der Waals surface area contributed by atoms with Crippen molar-refractivity contribution in [1.29, 1.82) is 0 Å². The van der Waals surface area contributed by atoms with Crippen molar-refractivity contribution in [2.75, 3.05) is 11.5 Å². The second-order valence-electron chi connectivity index (χ2n) is 4.74. The van der Waals surface area contributed by atoms with Crippen LogP contribution in [-0.4, -0.2) is 23.0 Å². The van der Waals surface area contributed by atoms with E-state index < -0.39 is 5.82 Å². The number of halogens is 1. The predicted molar refractivity (Wildman–Crippen MR) is 77.8 cm³/mol. The van der Waals surface area contributed by atoms with Crippen molar-refractivity contribution in [3.8, 4) is 0 Å². The maximum absolute atomic E-state index is 13.7. The monoisotopic (exact) mass is 282 g/mol. The van der Waals surface area contributed by atoms with Crippen molar-refractivity contribution in [1.82, 2.24) is 5.32 Å². The number of hydrogen-bond acceptors (Lipinski definition) is 3. The van der Waals surface area contributed by atoms with Gasteiger partial charge >= 0.3 is 0 Å². The van der Waals surface area contributed by atoms with E-state index in [1.807, 2.05) is 11.8 Å². The van der Waals surface area contributed by atoms with Crippen LogP contribution in [0.25, 0.3) is 0 Å². The Morgan fingerprint density at radius 1 is 1.53 bits per heavy atom. The van der Waals surface area contributed by atoms with Crippen LogP contribution >= 0.6 is 11.8 Å². The number of carbonyl (C=O) groups excluding carboxylic acids is 1. The van der Waals surface area contributed by atoms with Gasteiger partial charge in [0.25, 0.3) is 5.91 Å². The average Bonchev–Trinajstić information content (AvgIpc) is 2.77. The minimum atomic E-state index is -0.560. The lowest BCUT2D eigenvalue weighted by molar-refractivity contribution is 0.0934. The second kappa shape index (κ2) is 6.28. The molecule has 2 rings (SSSR count). The van der Waals surface area contributed by atoms with Crippen LogP contribution in [0.15, 0.2) is 18.2 Å². The third-order valence-corrected chi connectivity index (χ3v) is 4.71. The van der Waals surface area contributed by atoms with E-state index in [1.165, 1.54) is 12.1 Å². The first kappa shape index (κ1) is 14.2. The van der Waals surface area contributed by atoms with E-state index in [4.69, 9.17) is 5.73 Å². The van der Waals surface area contributed by atoms with Gasteiger partial charge in [-0.05, 0) is 36.8 Å². The summed E-state index contributed by atoms with van der Waals surface area (Å²) >= 11 is 1.86. The summed E-state index contributed by atoms with van der Waals surface area (Å²) in [6, 6.07) is 4.32. The van der Waals surface area contributed by atoms with Crippen molar-refractivity contribution in [2.45, 2.75) is 37.5 Å². The normalized spacial score (nSPS) is 22.4. The summed E-state index contributed by atoms with van der Waals surface area (Å²) in [5, 5.41) is 3.40. The molecule has 1 fully saturated rings. The van der Waals surface area contributed by atoms with Gasteiger partial charge in [-0.2, -0.15) is 11.8 Å². The van der Waals surface area contributed by atoms with Crippen LogP contribution in [0.5, 0.6) is 0 Å². The highest BCUT2D eigenvalue weighted by molar-refractivity contribution is 7.99. The molecule has 19 heavy (non-hydrogen) atoms. The first-order valence-electron chi connectivity index (χ1n) is 6.59. The lowest BCUT2D eigenvalue weighted by atomic mass is 10.1. The molecule has 3 nitrogen and oxygen atoms in total. The van der Waals surface area contributed by atoms with Gasteiger partial charge in [0.2, 0.25) is 0 Å². The van der Waals surface area contributed by atoms with Crippen molar-refractivity contribution >= 4 is 23.4 Å². The Hall–Kier alpha value is -1.23. The van der Waals surface area contributed by atoms with E-state index >= 15 is 0 Å². The van der Waals surface area contributed by atoms with Crippen molar-refractivity contribution in [3.63, 3.8) is 0 Å². The Bertz CT molecular complexity index is 467. The third-order valence-electron chi connectivity index (χ3n) is 3.39. The number of thioether (sulfide) groups is 1. The van der Waals surface area contributed by atoms with Gasteiger partial charge in [-0.1, -0.05) is 13.3 Å². The fraction of sp³-hybridized carbons (Fsp3) is 0.500.